The Morgan fingerprint density at radius 1 is 0.700 bits per heavy atom. The highest BCUT2D eigenvalue weighted by Crippen LogP contribution is 2.41. The Hall–Kier alpha value is -4.96. The molecule has 0 N–H and O–H groups in total. The average Bonchev–Trinajstić information content (AvgIpc) is 3.68. The van der Waals surface area contributed by atoms with Crippen LogP contribution in [-0.2, 0) is 6.54 Å². The van der Waals surface area contributed by atoms with Gasteiger partial charge in [0.25, 0.3) is 0 Å². The Balaban J connectivity index is 1.23. The maximum absolute atomic E-state index is 13.2. The van der Waals surface area contributed by atoms with Crippen molar-refractivity contribution in [1.29, 1.82) is 0 Å². The minimum atomic E-state index is 0.0479. The van der Waals surface area contributed by atoms with E-state index < -0.39 is 0 Å². The van der Waals surface area contributed by atoms with E-state index in [1.54, 1.807) is 0 Å². The lowest BCUT2D eigenvalue weighted by molar-refractivity contribution is 0.104. The van der Waals surface area contributed by atoms with Crippen LogP contribution in [0.1, 0.15) is 46.4 Å². The van der Waals surface area contributed by atoms with Crippen molar-refractivity contribution in [3.05, 3.63) is 138 Å². The van der Waals surface area contributed by atoms with Gasteiger partial charge in [-0.1, -0.05) is 78.9 Å². The molecule has 40 heavy (non-hydrogen) atoms. The molecule has 0 bridgehead atoms. The van der Waals surface area contributed by atoms with Crippen molar-refractivity contribution in [2.75, 3.05) is 5.01 Å². The maximum atomic E-state index is 13.2. The molecule has 0 saturated heterocycles. The number of rotatable bonds is 4. The normalized spacial score (nSPS) is 16.0. The third-order valence-corrected chi connectivity index (χ3v) is 8.49. The fourth-order valence-electron chi connectivity index (χ4n) is 6.59. The van der Waals surface area contributed by atoms with E-state index in [0.29, 0.717) is 0 Å². The van der Waals surface area contributed by atoms with Crippen molar-refractivity contribution in [3.63, 3.8) is 0 Å². The summed E-state index contributed by atoms with van der Waals surface area (Å²) < 4.78 is 2.39. The van der Waals surface area contributed by atoms with Crippen molar-refractivity contribution in [2.45, 2.75) is 25.9 Å². The van der Waals surface area contributed by atoms with Gasteiger partial charge in [-0.05, 0) is 65.6 Å². The van der Waals surface area contributed by atoms with Gasteiger partial charge in [-0.25, -0.2) is 0 Å². The molecule has 1 aromatic heterocycles. The van der Waals surface area contributed by atoms with E-state index in [4.69, 9.17) is 5.10 Å². The highest BCUT2D eigenvalue weighted by molar-refractivity contribution is 6.22. The number of aryl methyl sites for hydroxylation is 1. The zero-order valence-electron chi connectivity index (χ0n) is 22.2. The number of nitrogens with zero attached hydrogens (tertiary/aromatic N) is 3. The summed E-state index contributed by atoms with van der Waals surface area (Å²) in [6.45, 7) is 3.13. The van der Waals surface area contributed by atoms with Crippen LogP contribution in [0.15, 0.2) is 120 Å². The number of anilines is 1. The summed E-state index contributed by atoms with van der Waals surface area (Å²) in [5.74, 6) is 0.0975. The topological polar surface area (TPSA) is 37.6 Å². The molecule has 1 atom stereocenters. The van der Waals surface area contributed by atoms with E-state index in [1.165, 1.54) is 27.4 Å². The van der Waals surface area contributed by atoms with Gasteiger partial charge in [0.1, 0.15) is 0 Å². The lowest BCUT2D eigenvalue weighted by atomic mass is 9.95. The Morgan fingerprint density at radius 3 is 2.27 bits per heavy atom. The maximum Gasteiger partial charge on any atom is 0.194 e. The van der Waals surface area contributed by atoms with Crippen molar-refractivity contribution < 1.29 is 4.79 Å². The van der Waals surface area contributed by atoms with E-state index in [2.05, 4.69) is 95.4 Å². The molecule has 1 aliphatic heterocycles. The predicted octanol–water partition coefficient (Wildman–Crippen LogP) is 8.38. The van der Waals surface area contributed by atoms with Gasteiger partial charge in [-0.2, -0.15) is 5.10 Å². The number of hydrogen-bond donors (Lipinski definition) is 0. The Labute approximate surface area is 232 Å². The second-order valence-corrected chi connectivity index (χ2v) is 10.6. The summed E-state index contributed by atoms with van der Waals surface area (Å²) in [6, 6.07) is 40.1. The minimum absolute atomic E-state index is 0.0479. The van der Waals surface area contributed by atoms with Crippen molar-refractivity contribution in [3.8, 4) is 11.1 Å². The largest absolute Gasteiger partial charge is 0.341 e. The third-order valence-electron chi connectivity index (χ3n) is 8.49. The second kappa shape index (κ2) is 8.78. The second-order valence-electron chi connectivity index (χ2n) is 10.6. The highest BCUT2D eigenvalue weighted by atomic mass is 16.1. The Bertz CT molecular complexity index is 2000. The predicted molar refractivity (Wildman–Crippen MR) is 163 cm³/mol. The van der Waals surface area contributed by atoms with E-state index in [-0.39, 0.29) is 11.8 Å². The van der Waals surface area contributed by atoms with Crippen LogP contribution in [0.4, 0.5) is 5.69 Å². The van der Waals surface area contributed by atoms with Gasteiger partial charge in [0.05, 0.1) is 17.4 Å². The fourth-order valence-corrected chi connectivity index (χ4v) is 6.59. The third kappa shape index (κ3) is 3.32. The highest BCUT2D eigenvalue weighted by Gasteiger charge is 2.32. The van der Waals surface area contributed by atoms with Gasteiger partial charge >= 0.3 is 0 Å². The number of carbonyl (C=O) groups is 1. The first kappa shape index (κ1) is 23.0. The minimum Gasteiger partial charge on any atom is -0.341 e. The first-order valence-corrected chi connectivity index (χ1v) is 13.9. The summed E-state index contributed by atoms with van der Waals surface area (Å²) in [4.78, 5) is 13.2. The molecule has 0 amide bonds. The molecule has 0 saturated carbocycles. The van der Waals surface area contributed by atoms with Gasteiger partial charge < -0.3 is 4.57 Å². The van der Waals surface area contributed by atoms with Crippen LogP contribution in [-0.4, -0.2) is 16.1 Å². The number of ketones is 1. The molecule has 8 rings (SSSR count). The van der Waals surface area contributed by atoms with Gasteiger partial charge in [0.2, 0.25) is 0 Å². The summed E-state index contributed by atoms with van der Waals surface area (Å²) in [7, 11) is 0. The summed E-state index contributed by atoms with van der Waals surface area (Å²) >= 11 is 0. The fraction of sp³-hybridized carbons (Fsp3) is 0.111. The number of fused-ring (bicyclic) bond motifs is 6. The number of para-hydroxylation sites is 2. The van der Waals surface area contributed by atoms with Crippen molar-refractivity contribution in [1.82, 2.24) is 4.57 Å². The quantitative estimate of drug-likeness (QED) is 0.235. The van der Waals surface area contributed by atoms with Crippen LogP contribution >= 0.6 is 0 Å². The molecular weight excluding hydrogens is 490 g/mol. The molecule has 1 unspecified atom stereocenters. The van der Waals surface area contributed by atoms with Gasteiger partial charge in [-0.3, -0.25) is 9.80 Å². The molecular formula is C36H27N3O. The standard InChI is InChI=1S/C36H27N3O/c1-2-38-33-15-9-8-13-28(33)30-21-24(17-19-34(30)38)35-22-32(37-39(35)25-10-4-3-5-11-25)23-16-18-27-26-12-6-7-14-29(26)36(40)31(27)20-23/h3-21,35H,2,22H2,1H3. The van der Waals surface area contributed by atoms with E-state index in [0.717, 1.165) is 52.2 Å². The first-order chi connectivity index (χ1) is 19.7. The molecule has 0 fully saturated rings. The van der Waals surface area contributed by atoms with Crippen LogP contribution < -0.4 is 5.01 Å². The smallest absolute Gasteiger partial charge is 0.194 e. The van der Waals surface area contributed by atoms with E-state index in [9.17, 15) is 4.79 Å². The molecule has 2 aliphatic rings. The van der Waals surface area contributed by atoms with Crippen molar-refractivity contribution in [2.24, 2.45) is 5.10 Å². The molecule has 5 aromatic carbocycles. The van der Waals surface area contributed by atoms with Crippen LogP contribution in [0.3, 0.4) is 0 Å². The Kier molecular flexibility index (Phi) is 5.05. The first-order valence-electron chi connectivity index (χ1n) is 13.9. The van der Waals surface area contributed by atoms with Crippen LogP contribution in [0.25, 0.3) is 32.9 Å². The van der Waals surface area contributed by atoms with Crippen LogP contribution in [0, 0.1) is 0 Å². The molecule has 0 spiro atoms. The van der Waals surface area contributed by atoms with E-state index in [1.807, 2.05) is 36.4 Å². The summed E-state index contributed by atoms with van der Waals surface area (Å²) in [5.41, 5.74) is 10.4. The number of aromatic nitrogens is 1. The van der Waals surface area contributed by atoms with Gasteiger partial charge in [0, 0.05) is 45.9 Å². The molecule has 6 aromatic rings. The average molecular weight is 518 g/mol. The van der Waals surface area contributed by atoms with E-state index >= 15 is 0 Å². The van der Waals surface area contributed by atoms with Crippen molar-refractivity contribution >= 4 is 39.0 Å². The lowest BCUT2D eigenvalue weighted by Crippen LogP contribution is -2.18. The zero-order chi connectivity index (χ0) is 26.8. The summed E-state index contributed by atoms with van der Waals surface area (Å²) in [5, 5.41) is 9.89. The molecule has 2 heterocycles. The zero-order valence-corrected chi connectivity index (χ0v) is 22.2. The molecule has 4 heteroatoms. The molecule has 4 nitrogen and oxygen atoms in total. The molecule has 0 radical (unpaired) electrons. The lowest BCUT2D eigenvalue weighted by Gasteiger charge is -2.24. The molecule has 192 valence electrons. The summed E-state index contributed by atoms with van der Waals surface area (Å²) in [6.07, 6.45) is 0.757. The van der Waals surface area contributed by atoms with Gasteiger partial charge in [-0.15, -0.1) is 0 Å². The Morgan fingerprint density at radius 2 is 1.43 bits per heavy atom. The molecule has 1 aliphatic carbocycles. The van der Waals surface area contributed by atoms with Gasteiger partial charge in [0.15, 0.2) is 5.78 Å². The number of hydrazone groups is 1. The number of benzene rings is 5. The SMILES string of the molecule is CCn1c2ccccc2c2cc(C3CC(c4ccc5c(c4)C(=O)c4ccccc4-5)=NN3c3ccccc3)ccc21. The number of carbonyl (C=O) groups excluding carboxylic acids is 1. The van der Waals surface area contributed by atoms with Crippen LogP contribution in [0.2, 0.25) is 0 Å². The monoisotopic (exact) mass is 517 g/mol. The number of hydrogen-bond acceptors (Lipinski definition) is 3. The van der Waals surface area contributed by atoms with Crippen LogP contribution in [0.5, 0.6) is 0 Å².